The number of aromatic nitrogens is 3. The van der Waals surface area contributed by atoms with Crippen LogP contribution in [0.3, 0.4) is 0 Å². The second-order valence-corrected chi connectivity index (χ2v) is 7.09. The molecule has 2 amide bonds. The predicted octanol–water partition coefficient (Wildman–Crippen LogP) is 1.11. The maximum atomic E-state index is 12.5. The van der Waals surface area contributed by atoms with Crippen LogP contribution in [-0.2, 0) is 23.1 Å². The molecule has 0 unspecified atom stereocenters. The molecule has 0 spiro atoms. The number of thioether (sulfide) groups is 1. The summed E-state index contributed by atoms with van der Waals surface area (Å²) in [5.41, 5.74) is 5.15. The van der Waals surface area contributed by atoms with Crippen LogP contribution < -0.4 is 5.73 Å². The van der Waals surface area contributed by atoms with Crippen molar-refractivity contribution in [3.05, 3.63) is 5.82 Å². The van der Waals surface area contributed by atoms with Crippen LogP contribution in [0.15, 0.2) is 5.16 Å². The fourth-order valence-electron chi connectivity index (χ4n) is 3.04. The molecule has 8 heteroatoms. The monoisotopic (exact) mass is 339 g/mol. The maximum Gasteiger partial charge on any atom is 0.233 e. The molecule has 2 rings (SSSR count). The van der Waals surface area contributed by atoms with Gasteiger partial charge in [-0.05, 0) is 33.1 Å². The third kappa shape index (κ3) is 4.46. The van der Waals surface area contributed by atoms with Gasteiger partial charge in [0, 0.05) is 32.0 Å². The highest BCUT2D eigenvalue weighted by atomic mass is 32.2. The summed E-state index contributed by atoms with van der Waals surface area (Å²) >= 11 is 1.39. The molecule has 0 saturated carbocycles. The molecule has 0 bridgehead atoms. The summed E-state index contributed by atoms with van der Waals surface area (Å²) in [7, 11) is 1.84. The van der Waals surface area contributed by atoms with Crippen LogP contribution in [0.5, 0.6) is 0 Å². The zero-order chi connectivity index (χ0) is 17.0. The van der Waals surface area contributed by atoms with Crippen LogP contribution in [0.1, 0.15) is 45.4 Å². The van der Waals surface area contributed by atoms with Crippen LogP contribution in [-0.4, -0.2) is 49.3 Å². The summed E-state index contributed by atoms with van der Waals surface area (Å²) in [5.74, 6) is 0.858. The van der Waals surface area contributed by atoms with Crippen LogP contribution in [0.4, 0.5) is 0 Å². The fourth-order valence-corrected chi connectivity index (χ4v) is 3.84. The average molecular weight is 339 g/mol. The Kier molecular flexibility index (Phi) is 6.04. The zero-order valence-corrected chi connectivity index (χ0v) is 14.8. The van der Waals surface area contributed by atoms with E-state index in [1.165, 1.54) is 18.2 Å². The van der Waals surface area contributed by atoms with Gasteiger partial charge in [0.25, 0.3) is 0 Å². The summed E-state index contributed by atoms with van der Waals surface area (Å²) in [5, 5.41) is 8.86. The van der Waals surface area contributed by atoms with Gasteiger partial charge in [0.2, 0.25) is 11.8 Å². The molecule has 1 aliphatic heterocycles. The van der Waals surface area contributed by atoms with Crippen LogP contribution in [0, 0.1) is 0 Å². The Morgan fingerprint density at radius 2 is 1.91 bits per heavy atom. The first-order chi connectivity index (χ1) is 10.9. The van der Waals surface area contributed by atoms with E-state index >= 15 is 0 Å². The van der Waals surface area contributed by atoms with Gasteiger partial charge in [-0.25, -0.2) is 0 Å². The Labute approximate surface area is 141 Å². The molecule has 0 radical (unpaired) electrons. The molecule has 23 heavy (non-hydrogen) atoms. The first-order valence-electron chi connectivity index (χ1n) is 8.00. The smallest absolute Gasteiger partial charge is 0.233 e. The molecule has 2 heterocycles. The Balaban J connectivity index is 1.92. The van der Waals surface area contributed by atoms with Crippen molar-refractivity contribution in [2.24, 2.45) is 12.8 Å². The van der Waals surface area contributed by atoms with Crippen molar-refractivity contribution in [3.63, 3.8) is 0 Å². The van der Waals surface area contributed by atoms with Gasteiger partial charge in [0.05, 0.1) is 5.75 Å². The second-order valence-electron chi connectivity index (χ2n) is 6.14. The minimum Gasteiger partial charge on any atom is -0.370 e. The normalized spacial score (nSPS) is 21.4. The molecule has 2 N–H and O–H groups in total. The lowest BCUT2D eigenvalue weighted by atomic mass is 9.98. The van der Waals surface area contributed by atoms with Crippen molar-refractivity contribution in [2.75, 3.05) is 5.75 Å². The number of hydrogen-bond donors (Lipinski definition) is 1. The molecule has 128 valence electrons. The summed E-state index contributed by atoms with van der Waals surface area (Å²) in [6.07, 6.45) is 4.04. The van der Waals surface area contributed by atoms with Crippen molar-refractivity contribution < 1.29 is 9.59 Å². The Morgan fingerprint density at radius 3 is 2.52 bits per heavy atom. The van der Waals surface area contributed by atoms with Crippen molar-refractivity contribution in [1.29, 1.82) is 0 Å². The molecular weight excluding hydrogens is 314 g/mol. The SMILES string of the molecule is C[C@H]1CCC[C@H](C)N1C(=O)CSc1nnc(CCC(N)=O)n1C. The molecule has 7 nitrogen and oxygen atoms in total. The van der Waals surface area contributed by atoms with Crippen molar-refractivity contribution in [3.8, 4) is 0 Å². The van der Waals surface area contributed by atoms with E-state index in [1.54, 1.807) is 0 Å². The molecule has 1 aromatic rings. The van der Waals surface area contributed by atoms with E-state index in [0.29, 0.717) is 35.2 Å². The first-order valence-corrected chi connectivity index (χ1v) is 8.99. The Morgan fingerprint density at radius 1 is 1.26 bits per heavy atom. The molecule has 1 aromatic heterocycles. The third-order valence-corrected chi connectivity index (χ3v) is 5.33. The maximum absolute atomic E-state index is 12.5. The number of carbonyl (C=O) groups is 2. The lowest BCUT2D eigenvalue weighted by molar-refractivity contribution is -0.134. The molecule has 1 saturated heterocycles. The number of carbonyl (C=O) groups excluding carboxylic acids is 2. The zero-order valence-electron chi connectivity index (χ0n) is 14.0. The van der Waals surface area contributed by atoms with Gasteiger partial charge in [-0.3, -0.25) is 9.59 Å². The molecular formula is C15H25N5O2S. The molecule has 2 atom stereocenters. The van der Waals surface area contributed by atoms with Gasteiger partial charge in [-0.15, -0.1) is 10.2 Å². The van der Waals surface area contributed by atoms with E-state index in [4.69, 9.17) is 5.73 Å². The highest BCUT2D eigenvalue weighted by Gasteiger charge is 2.29. The summed E-state index contributed by atoms with van der Waals surface area (Å²) in [6.45, 7) is 4.23. The van der Waals surface area contributed by atoms with Crippen LogP contribution >= 0.6 is 11.8 Å². The minimum absolute atomic E-state index is 0.149. The third-order valence-electron chi connectivity index (χ3n) is 4.33. The fraction of sp³-hybridized carbons (Fsp3) is 0.733. The standard InChI is InChI=1S/C15H25N5O2S/c1-10-5-4-6-11(2)20(10)14(22)9-23-15-18-17-13(19(15)3)8-7-12(16)21/h10-11H,4-9H2,1-3H3,(H2,16,21)/t10-,11-/m0/s1. The summed E-state index contributed by atoms with van der Waals surface area (Å²) < 4.78 is 1.82. The van der Waals surface area contributed by atoms with E-state index in [2.05, 4.69) is 24.0 Å². The molecule has 0 aliphatic carbocycles. The number of primary amides is 1. The number of piperidine rings is 1. The van der Waals surface area contributed by atoms with Crippen molar-refractivity contribution in [2.45, 2.75) is 63.2 Å². The number of nitrogens with two attached hydrogens (primary N) is 1. The van der Waals surface area contributed by atoms with Gasteiger partial charge in [-0.1, -0.05) is 11.8 Å². The first kappa shape index (κ1) is 17.8. The van der Waals surface area contributed by atoms with E-state index in [-0.39, 0.29) is 18.2 Å². The number of nitrogens with zero attached hydrogens (tertiary/aromatic N) is 4. The lowest BCUT2D eigenvalue weighted by Crippen LogP contribution is -2.48. The highest BCUT2D eigenvalue weighted by Crippen LogP contribution is 2.25. The van der Waals surface area contributed by atoms with Gasteiger partial charge in [0.1, 0.15) is 5.82 Å². The van der Waals surface area contributed by atoms with E-state index in [1.807, 2.05) is 16.5 Å². The largest absolute Gasteiger partial charge is 0.370 e. The minimum atomic E-state index is -0.356. The molecule has 0 aromatic carbocycles. The van der Waals surface area contributed by atoms with Gasteiger partial charge >= 0.3 is 0 Å². The quantitative estimate of drug-likeness (QED) is 0.784. The van der Waals surface area contributed by atoms with E-state index in [9.17, 15) is 9.59 Å². The number of rotatable bonds is 6. The topological polar surface area (TPSA) is 94.1 Å². The molecule has 1 aliphatic rings. The van der Waals surface area contributed by atoms with Crippen LogP contribution in [0.25, 0.3) is 0 Å². The van der Waals surface area contributed by atoms with E-state index < -0.39 is 0 Å². The van der Waals surface area contributed by atoms with Gasteiger partial charge in [-0.2, -0.15) is 0 Å². The average Bonchev–Trinajstić information content (AvgIpc) is 2.83. The summed E-state index contributed by atoms with van der Waals surface area (Å²) in [4.78, 5) is 25.4. The number of likely N-dealkylation sites (tertiary alicyclic amines) is 1. The lowest BCUT2D eigenvalue weighted by Gasteiger charge is -2.39. The predicted molar refractivity (Wildman–Crippen MR) is 88.9 cm³/mol. The second kappa shape index (κ2) is 7.81. The van der Waals surface area contributed by atoms with Crippen molar-refractivity contribution in [1.82, 2.24) is 19.7 Å². The Bertz CT molecular complexity index is 564. The van der Waals surface area contributed by atoms with Gasteiger partial charge < -0.3 is 15.2 Å². The number of aryl methyl sites for hydroxylation is 1. The van der Waals surface area contributed by atoms with E-state index in [0.717, 1.165) is 12.8 Å². The highest BCUT2D eigenvalue weighted by molar-refractivity contribution is 7.99. The van der Waals surface area contributed by atoms with Gasteiger partial charge in [0.15, 0.2) is 5.16 Å². The van der Waals surface area contributed by atoms with Crippen molar-refractivity contribution >= 4 is 23.6 Å². The number of hydrogen-bond acceptors (Lipinski definition) is 5. The number of amides is 2. The summed E-state index contributed by atoms with van der Waals surface area (Å²) in [6, 6.07) is 0.606. The Hall–Kier alpha value is -1.57. The van der Waals surface area contributed by atoms with Crippen LogP contribution in [0.2, 0.25) is 0 Å². The molecule has 1 fully saturated rings.